The first kappa shape index (κ1) is 18.7. The largest absolute Gasteiger partial charge is 0.465 e. The first-order chi connectivity index (χ1) is 10.4. The summed E-state index contributed by atoms with van der Waals surface area (Å²) in [6.45, 7) is 4.00. The molecule has 124 valence electrons. The molecule has 0 aliphatic rings. The second kappa shape index (κ2) is 8.32. The van der Waals surface area contributed by atoms with E-state index in [4.69, 9.17) is 4.74 Å². The summed E-state index contributed by atoms with van der Waals surface area (Å²) in [7, 11) is -2.08. The monoisotopic (exact) mass is 326 g/mol. The van der Waals surface area contributed by atoms with Crippen LogP contribution < -0.4 is 0 Å². The number of carbonyl (C=O) groups is 1. The molecule has 0 aliphatic carbocycles. The molecule has 0 heterocycles. The van der Waals surface area contributed by atoms with E-state index in [9.17, 15) is 13.2 Å². The fourth-order valence-corrected chi connectivity index (χ4v) is 4.08. The Morgan fingerprint density at radius 3 is 2.32 bits per heavy atom. The molecule has 4 nitrogen and oxygen atoms in total. The maximum absolute atomic E-state index is 12.2. The van der Waals surface area contributed by atoms with Crippen LogP contribution in [0.5, 0.6) is 0 Å². The number of rotatable bonds is 8. The molecular weight excluding hydrogens is 300 g/mol. The van der Waals surface area contributed by atoms with E-state index in [2.05, 4.69) is 6.92 Å². The van der Waals surface area contributed by atoms with Gasteiger partial charge in [0.1, 0.15) is 0 Å². The van der Waals surface area contributed by atoms with Crippen molar-refractivity contribution >= 4 is 15.8 Å². The third kappa shape index (κ3) is 4.57. The van der Waals surface area contributed by atoms with Crippen LogP contribution in [0.1, 0.15) is 61.0 Å². The van der Waals surface area contributed by atoms with Gasteiger partial charge in [-0.25, -0.2) is 13.2 Å². The van der Waals surface area contributed by atoms with Crippen LogP contribution in [0.3, 0.4) is 0 Å². The van der Waals surface area contributed by atoms with E-state index < -0.39 is 15.8 Å². The Kier molecular flexibility index (Phi) is 7.07. The Hall–Kier alpha value is -1.36. The molecule has 0 saturated heterocycles. The van der Waals surface area contributed by atoms with Gasteiger partial charge in [0.15, 0.2) is 9.84 Å². The number of carbonyl (C=O) groups excluding carboxylic acids is 1. The van der Waals surface area contributed by atoms with Crippen LogP contribution in [0.25, 0.3) is 0 Å². The number of methoxy groups -OCH3 is 1. The smallest absolute Gasteiger partial charge is 0.338 e. The summed E-state index contributed by atoms with van der Waals surface area (Å²) in [5, 5.41) is 0. The maximum Gasteiger partial charge on any atom is 0.338 e. The van der Waals surface area contributed by atoms with Crippen molar-refractivity contribution in [2.75, 3.05) is 13.4 Å². The molecule has 1 rings (SSSR count). The molecule has 0 N–H and O–H groups in total. The third-order valence-electron chi connectivity index (χ3n) is 3.77. The zero-order chi connectivity index (χ0) is 16.8. The first-order valence-corrected chi connectivity index (χ1v) is 9.69. The number of hydrogen-bond acceptors (Lipinski definition) is 4. The quantitative estimate of drug-likeness (QED) is 0.541. The molecule has 0 spiro atoms. The van der Waals surface area contributed by atoms with Gasteiger partial charge in [-0.05, 0) is 36.5 Å². The van der Waals surface area contributed by atoms with Gasteiger partial charge in [-0.3, -0.25) is 0 Å². The lowest BCUT2D eigenvalue weighted by Gasteiger charge is -2.16. The fraction of sp³-hybridized carbons (Fsp3) is 0.588. The topological polar surface area (TPSA) is 60.4 Å². The van der Waals surface area contributed by atoms with E-state index in [1.807, 2.05) is 6.92 Å². The minimum absolute atomic E-state index is 0.314. The highest BCUT2D eigenvalue weighted by Crippen LogP contribution is 2.27. The number of unbranched alkanes of at least 4 members (excludes halogenated alkanes) is 3. The van der Waals surface area contributed by atoms with Crippen molar-refractivity contribution in [3.05, 3.63) is 28.8 Å². The number of esters is 1. The zero-order valence-corrected chi connectivity index (χ0v) is 14.8. The third-order valence-corrected chi connectivity index (χ3v) is 5.02. The van der Waals surface area contributed by atoms with Crippen molar-refractivity contribution in [3.63, 3.8) is 0 Å². The lowest BCUT2D eigenvalue weighted by molar-refractivity contribution is 0.0599. The van der Waals surface area contributed by atoms with E-state index in [-0.39, 0.29) is 0 Å². The molecule has 0 unspecified atom stereocenters. The summed E-state index contributed by atoms with van der Waals surface area (Å²) < 4.78 is 29.2. The van der Waals surface area contributed by atoms with Crippen LogP contribution in [-0.2, 0) is 27.4 Å². The molecule has 0 radical (unpaired) electrons. The van der Waals surface area contributed by atoms with Gasteiger partial charge in [0.2, 0.25) is 0 Å². The Bertz CT molecular complexity index is 618. The van der Waals surface area contributed by atoms with Gasteiger partial charge in [-0.2, -0.15) is 0 Å². The molecule has 0 saturated carbocycles. The van der Waals surface area contributed by atoms with Gasteiger partial charge in [0.25, 0.3) is 0 Å². The van der Waals surface area contributed by atoms with Gasteiger partial charge in [0, 0.05) is 6.26 Å². The fourth-order valence-electron chi connectivity index (χ4n) is 2.73. The molecule has 22 heavy (non-hydrogen) atoms. The van der Waals surface area contributed by atoms with Crippen LogP contribution in [0.2, 0.25) is 0 Å². The second-order valence-electron chi connectivity index (χ2n) is 5.51. The summed E-state index contributed by atoms with van der Waals surface area (Å²) in [6, 6.07) is 3.45. The van der Waals surface area contributed by atoms with Crippen molar-refractivity contribution in [2.45, 2.75) is 57.3 Å². The predicted octanol–water partition coefficient (Wildman–Crippen LogP) is 3.56. The summed E-state index contributed by atoms with van der Waals surface area (Å²) in [4.78, 5) is 12.2. The summed E-state index contributed by atoms with van der Waals surface area (Å²) in [5.41, 5.74) is 1.73. The highest BCUT2D eigenvalue weighted by atomic mass is 32.2. The molecule has 5 heteroatoms. The summed E-state index contributed by atoms with van der Waals surface area (Å²) >= 11 is 0. The first-order valence-electron chi connectivity index (χ1n) is 7.79. The van der Waals surface area contributed by atoms with Crippen molar-refractivity contribution in [3.8, 4) is 0 Å². The molecule has 0 fully saturated rings. The van der Waals surface area contributed by atoms with Crippen molar-refractivity contribution in [1.82, 2.24) is 0 Å². The van der Waals surface area contributed by atoms with Gasteiger partial charge >= 0.3 is 5.97 Å². The second-order valence-corrected chi connectivity index (χ2v) is 7.46. The van der Waals surface area contributed by atoms with E-state index in [0.29, 0.717) is 22.4 Å². The molecule has 0 bridgehead atoms. The van der Waals surface area contributed by atoms with Crippen LogP contribution in [0.4, 0.5) is 0 Å². The summed E-state index contributed by atoms with van der Waals surface area (Å²) in [6.07, 6.45) is 6.73. The van der Waals surface area contributed by atoms with Gasteiger partial charge < -0.3 is 4.74 Å². The van der Waals surface area contributed by atoms with Crippen LogP contribution in [0.15, 0.2) is 17.0 Å². The standard InChI is InChI=1S/C17H26O4S/c1-5-7-8-9-10-13-11-12-15(17(18)21-3)14(6-2)16(13)22(4,19)20/h11-12H,5-10H2,1-4H3. The molecule has 1 aromatic rings. The van der Waals surface area contributed by atoms with Crippen molar-refractivity contribution < 1.29 is 17.9 Å². The lowest BCUT2D eigenvalue weighted by Crippen LogP contribution is -2.13. The van der Waals surface area contributed by atoms with E-state index in [1.165, 1.54) is 13.4 Å². The summed E-state index contributed by atoms with van der Waals surface area (Å²) in [5.74, 6) is -0.487. The lowest BCUT2D eigenvalue weighted by atomic mass is 9.98. The Morgan fingerprint density at radius 1 is 1.14 bits per heavy atom. The number of sulfone groups is 1. The molecule has 0 aliphatic heterocycles. The zero-order valence-electron chi connectivity index (χ0n) is 13.9. The maximum atomic E-state index is 12.2. The highest BCUT2D eigenvalue weighted by Gasteiger charge is 2.23. The Labute approximate surface area is 133 Å². The average Bonchev–Trinajstić information content (AvgIpc) is 2.48. The minimum atomic E-state index is -3.39. The van der Waals surface area contributed by atoms with E-state index in [0.717, 1.165) is 37.7 Å². The van der Waals surface area contributed by atoms with Gasteiger partial charge in [-0.1, -0.05) is 39.2 Å². The average molecular weight is 326 g/mol. The Morgan fingerprint density at radius 2 is 1.82 bits per heavy atom. The van der Waals surface area contributed by atoms with E-state index in [1.54, 1.807) is 12.1 Å². The van der Waals surface area contributed by atoms with Crippen LogP contribution >= 0.6 is 0 Å². The predicted molar refractivity (Wildman–Crippen MR) is 88.1 cm³/mol. The molecule has 0 atom stereocenters. The normalized spacial score (nSPS) is 11.5. The van der Waals surface area contributed by atoms with Crippen LogP contribution in [-0.4, -0.2) is 27.8 Å². The molecular formula is C17H26O4S. The molecule has 0 amide bonds. The number of ether oxygens (including phenoxy) is 1. The number of aryl methyl sites for hydroxylation is 1. The van der Waals surface area contributed by atoms with Gasteiger partial charge in [-0.15, -0.1) is 0 Å². The Balaban J connectivity index is 3.31. The molecule has 0 aromatic heterocycles. The van der Waals surface area contributed by atoms with E-state index >= 15 is 0 Å². The van der Waals surface area contributed by atoms with Crippen molar-refractivity contribution in [1.29, 1.82) is 0 Å². The highest BCUT2D eigenvalue weighted by molar-refractivity contribution is 7.90. The molecule has 1 aromatic carbocycles. The van der Waals surface area contributed by atoms with Gasteiger partial charge in [0.05, 0.1) is 17.6 Å². The minimum Gasteiger partial charge on any atom is -0.465 e. The number of benzene rings is 1. The van der Waals surface area contributed by atoms with Crippen LogP contribution in [0, 0.1) is 0 Å². The SMILES string of the molecule is CCCCCCc1ccc(C(=O)OC)c(CC)c1S(C)(=O)=O. The van der Waals surface area contributed by atoms with Crippen molar-refractivity contribution in [2.24, 2.45) is 0 Å². The number of hydrogen-bond donors (Lipinski definition) is 0.